The van der Waals surface area contributed by atoms with Crippen molar-refractivity contribution >= 4 is 23.6 Å². The number of aromatic nitrogens is 1. The number of piperidine rings is 1. The zero-order valence-electron chi connectivity index (χ0n) is 14.1. The van der Waals surface area contributed by atoms with E-state index in [4.69, 9.17) is 5.11 Å². The van der Waals surface area contributed by atoms with Crippen molar-refractivity contribution in [1.82, 2.24) is 15.2 Å². The molecule has 1 aliphatic rings. The van der Waals surface area contributed by atoms with Crippen LogP contribution in [0.4, 0.5) is 4.39 Å². The standard InChI is InChI=1S/C17H20FN3O5/c18-10-14(22)12(9-15(23)24)20-16(25)13-6-2-4-8-21(13)17(26)11-5-1-3-7-19-11/h1,3,5,7,12-13H,2,4,6,8-10H2,(H,20,25)(H,23,24)/t12?,13-/m0/s1. The van der Waals surface area contributed by atoms with Crippen molar-refractivity contribution in [3.63, 3.8) is 0 Å². The Morgan fingerprint density at radius 2 is 2.08 bits per heavy atom. The van der Waals surface area contributed by atoms with Crippen LogP contribution in [0, 0.1) is 0 Å². The van der Waals surface area contributed by atoms with Gasteiger partial charge in [0.25, 0.3) is 5.91 Å². The zero-order valence-corrected chi connectivity index (χ0v) is 14.1. The molecule has 8 nitrogen and oxygen atoms in total. The molecule has 0 radical (unpaired) electrons. The lowest BCUT2D eigenvalue weighted by Gasteiger charge is -2.35. The van der Waals surface area contributed by atoms with Crippen LogP contribution in [-0.4, -0.2) is 63.9 Å². The largest absolute Gasteiger partial charge is 0.481 e. The summed E-state index contributed by atoms with van der Waals surface area (Å²) in [5, 5.41) is 11.1. The number of carbonyl (C=O) groups excluding carboxylic acids is 3. The third-order valence-corrected chi connectivity index (χ3v) is 4.17. The summed E-state index contributed by atoms with van der Waals surface area (Å²) in [5.74, 6) is -3.43. The normalized spacial score (nSPS) is 18.0. The van der Waals surface area contributed by atoms with Gasteiger partial charge in [0.1, 0.15) is 24.5 Å². The van der Waals surface area contributed by atoms with Crippen molar-refractivity contribution < 1.29 is 28.7 Å². The fraction of sp³-hybridized carbons (Fsp3) is 0.471. The molecule has 2 atom stereocenters. The Hall–Kier alpha value is -2.84. The van der Waals surface area contributed by atoms with Crippen LogP contribution in [0.1, 0.15) is 36.2 Å². The van der Waals surface area contributed by atoms with Crippen molar-refractivity contribution in [2.45, 2.75) is 37.8 Å². The summed E-state index contributed by atoms with van der Waals surface area (Å²) in [6.07, 6.45) is 2.54. The van der Waals surface area contributed by atoms with Crippen LogP contribution in [0.25, 0.3) is 0 Å². The highest BCUT2D eigenvalue weighted by atomic mass is 19.1. The first-order valence-corrected chi connectivity index (χ1v) is 8.27. The van der Waals surface area contributed by atoms with Gasteiger partial charge in [0.05, 0.1) is 6.42 Å². The minimum atomic E-state index is -1.46. The van der Waals surface area contributed by atoms with Crippen LogP contribution in [0.15, 0.2) is 24.4 Å². The molecule has 0 bridgehead atoms. The number of rotatable bonds is 7. The maximum atomic E-state index is 12.6. The van der Waals surface area contributed by atoms with E-state index in [1.165, 1.54) is 17.2 Å². The molecule has 1 fully saturated rings. The fourth-order valence-electron chi connectivity index (χ4n) is 2.86. The maximum Gasteiger partial charge on any atom is 0.305 e. The topological polar surface area (TPSA) is 117 Å². The van der Waals surface area contributed by atoms with Crippen LogP contribution < -0.4 is 5.32 Å². The molecule has 2 rings (SSSR count). The first-order valence-electron chi connectivity index (χ1n) is 8.27. The number of Topliss-reactive ketones (excluding diaryl/α,β-unsaturated/α-hetero) is 1. The molecule has 0 aromatic carbocycles. The minimum absolute atomic E-state index is 0.189. The molecule has 2 heterocycles. The van der Waals surface area contributed by atoms with Gasteiger partial charge in [-0.05, 0) is 31.4 Å². The van der Waals surface area contributed by atoms with Gasteiger partial charge in [0.15, 0.2) is 5.78 Å². The van der Waals surface area contributed by atoms with E-state index in [1.807, 2.05) is 0 Å². The number of carboxylic acid groups (broad SMARTS) is 1. The fourth-order valence-corrected chi connectivity index (χ4v) is 2.86. The van der Waals surface area contributed by atoms with Crippen molar-refractivity contribution in [3.8, 4) is 0 Å². The molecule has 0 aliphatic carbocycles. The van der Waals surface area contributed by atoms with Crippen LogP contribution in [-0.2, 0) is 14.4 Å². The molecule has 9 heteroatoms. The summed E-state index contributed by atoms with van der Waals surface area (Å²) in [7, 11) is 0. The number of carboxylic acids is 1. The Bertz CT molecular complexity index is 682. The number of ketones is 1. The lowest BCUT2D eigenvalue weighted by atomic mass is 9.99. The molecule has 0 spiro atoms. The molecular formula is C17H20FN3O5. The Labute approximate surface area is 149 Å². The number of alkyl halides is 1. The predicted octanol–water partition coefficient (Wildman–Crippen LogP) is 0.574. The van der Waals surface area contributed by atoms with Gasteiger partial charge < -0.3 is 15.3 Å². The van der Waals surface area contributed by atoms with Gasteiger partial charge in [-0.25, -0.2) is 4.39 Å². The summed E-state index contributed by atoms with van der Waals surface area (Å²) in [6, 6.07) is 2.53. The van der Waals surface area contributed by atoms with E-state index in [0.29, 0.717) is 25.8 Å². The Morgan fingerprint density at radius 3 is 2.69 bits per heavy atom. The smallest absolute Gasteiger partial charge is 0.305 e. The molecule has 1 aliphatic heterocycles. The van der Waals surface area contributed by atoms with Gasteiger partial charge in [-0.2, -0.15) is 0 Å². The third kappa shape index (κ3) is 4.84. The van der Waals surface area contributed by atoms with E-state index >= 15 is 0 Å². The molecule has 1 unspecified atom stereocenters. The van der Waals surface area contributed by atoms with E-state index in [9.17, 15) is 23.6 Å². The minimum Gasteiger partial charge on any atom is -0.481 e. The molecule has 1 aromatic rings. The number of amides is 2. The zero-order chi connectivity index (χ0) is 19.1. The molecule has 1 aromatic heterocycles. The quantitative estimate of drug-likeness (QED) is 0.730. The Kier molecular flexibility index (Phi) is 6.76. The van der Waals surface area contributed by atoms with Crippen molar-refractivity contribution in [2.24, 2.45) is 0 Å². The van der Waals surface area contributed by atoms with E-state index in [1.54, 1.807) is 12.1 Å². The first-order chi connectivity index (χ1) is 12.4. The number of pyridine rings is 1. The third-order valence-electron chi connectivity index (χ3n) is 4.17. The van der Waals surface area contributed by atoms with Crippen LogP contribution in [0.5, 0.6) is 0 Å². The molecule has 1 saturated heterocycles. The Morgan fingerprint density at radius 1 is 1.31 bits per heavy atom. The number of nitrogens with zero attached hydrogens (tertiary/aromatic N) is 2. The highest BCUT2D eigenvalue weighted by Crippen LogP contribution is 2.19. The summed E-state index contributed by atoms with van der Waals surface area (Å²) < 4.78 is 12.6. The monoisotopic (exact) mass is 365 g/mol. The SMILES string of the molecule is O=C(O)CC(NC(=O)[C@@H]1CCCCN1C(=O)c1ccccn1)C(=O)CF. The first kappa shape index (κ1) is 19.5. The van der Waals surface area contributed by atoms with Crippen LogP contribution in [0.3, 0.4) is 0 Å². The van der Waals surface area contributed by atoms with E-state index in [-0.39, 0.29) is 5.69 Å². The van der Waals surface area contributed by atoms with E-state index in [2.05, 4.69) is 10.3 Å². The molecule has 2 N–H and O–H groups in total. The van der Waals surface area contributed by atoms with Crippen molar-refractivity contribution in [2.75, 3.05) is 13.2 Å². The number of hydrogen-bond donors (Lipinski definition) is 2. The number of nitrogens with one attached hydrogen (secondary N) is 1. The van der Waals surface area contributed by atoms with Gasteiger partial charge in [0.2, 0.25) is 5.91 Å². The van der Waals surface area contributed by atoms with Crippen LogP contribution in [0.2, 0.25) is 0 Å². The maximum absolute atomic E-state index is 12.6. The van der Waals surface area contributed by atoms with Gasteiger partial charge in [-0.15, -0.1) is 0 Å². The molecule has 0 saturated carbocycles. The predicted molar refractivity (Wildman–Crippen MR) is 88.1 cm³/mol. The summed E-state index contributed by atoms with van der Waals surface area (Å²) in [4.78, 5) is 52.9. The van der Waals surface area contributed by atoms with Gasteiger partial charge in [0, 0.05) is 12.7 Å². The van der Waals surface area contributed by atoms with Crippen molar-refractivity contribution in [1.29, 1.82) is 0 Å². The lowest BCUT2D eigenvalue weighted by Crippen LogP contribution is -2.55. The lowest BCUT2D eigenvalue weighted by molar-refractivity contribution is -0.140. The second kappa shape index (κ2) is 9.02. The van der Waals surface area contributed by atoms with Crippen LogP contribution >= 0.6 is 0 Å². The summed E-state index contributed by atoms with van der Waals surface area (Å²) >= 11 is 0. The van der Waals surface area contributed by atoms with E-state index in [0.717, 1.165) is 0 Å². The number of hydrogen-bond acceptors (Lipinski definition) is 5. The number of carbonyl (C=O) groups is 4. The number of aliphatic carboxylic acids is 1. The average molecular weight is 365 g/mol. The number of likely N-dealkylation sites (tertiary alicyclic amines) is 1. The van der Waals surface area contributed by atoms with Gasteiger partial charge in [-0.1, -0.05) is 6.07 Å². The summed E-state index contributed by atoms with van der Waals surface area (Å²) in [6.45, 7) is -1.03. The van der Waals surface area contributed by atoms with Crippen molar-refractivity contribution in [3.05, 3.63) is 30.1 Å². The highest BCUT2D eigenvalue weighted by Gasteiger charge is 2.35. The number of halogens is 1. The van der Waals surface area contributed by atoms with Gasteiger partial charge in [-0.3, -0.25) is 24.2 Å². The van der Waals surface area contributed by atoms with Gasteiger partial charge >= 0.3 is 5.97 Å². The molecular weight excluding hydrogens is 345 g/mol. The van der Waals surface area contributed by atoms with E-state index < -0.39 is 48.7 Å². The highest BCUT2D eigenvalue weighted by molar-refractivity contribution is 5.98. The average Bonchev–Trinajstić information content (AvgIpc) is 2.66. The molecule has 140 valence electrons. The molecule has 26 heavy (non-hydrogen) atoms. The Balaban J connectivity index is 2.14. The summed E-state index contributed by atoms with van der Waals surface area (Å²) in [5.41, 5.74) is 0.189. The molecule has 2 amide bonds. The second-order valence-corrected chi connectivity index (χ2v) is 5.98. The second-order valence-electron chi connectivity index (χ2n) is 5.98.